The lowest BCUT2D eigenvalue weighted by molar-refractivity contribution is -0.138. The third kappa shape index (κ3) is 3.56. The topological polar surface area (TPSA) is 68.9 Å². The highest BCUT2D eigenvalue weighted by Crippen LogP contribution is 2.70. The average molecular weight is 491 g/mol. The minimum atomic E-state index is -0.636. The van der Waals surface area contributed by atoms with Crippen LogP contribution >= 0.6 is 0 Å². The number of carboxylic acids is 1. The molecule has 0 amide bonds. The number of aromatic amines is 2. The van der Waals surface area contributed by atoms with Gasteiger partial charge in [0, 0.05) is 30.2 Å². The van der Waals surface area contributed by atoms with Crippen molar-refractivity contribution in [2.75, 3.05) is 0 Å². The van der Waals surface area contributed by atoms with Crippen molar-refractivity contribution in [1.29, 1.82) is 0 Å². The zero-order valence-electron chi connectivity index (χ0n) is 22.6. The molecule has 3 N–H and O–H groups in total. The summed E-state index contributed by atoms with van der Waals surface area (Å²) in [6, 6.07) is 8.96. The van der Waals surface area contributed by atoms with Crippen molar-refractivity contribution >= 4 is 5.97 Å². The monoisotopic (exact) mass is 490 g/mol. The number of nitrogens with one attached hydrogen (secondary N) is 2. The van der Waals surface area contributed by atoms with Crippen molar-refractivity contribution < 1.29 is 9.90 Å². The first-order valence-corrected chi connectivity index (χ1v) is 14.8. The molecule has 4 saturated carbocycles. The predicted octanol–water partition coefficient (Wildman–Crippen LogP) is 7.79. The Bertz CT molecular complexity index is 1020. The van der Waals surface area contributed by atoms with E-state index in [1.165, 1.54) is 69.2 Å². The lowest BCUT2D eigenvalue weighted by Crippen LogP contribution is -2.55. The minimum absolute atomic E-state index is 0.0885. The van der Waals surface area contributed by atoms with Crippen molar-refractivity contribution in [1.82, 2.24) is 9.97 Å². The minimum Gasteiger partial charge on any atom is -0.481 e. The van der Waals surface area contributed by atoms with Crippen molar-refractivity contribution in [3.8, 4) is 0 Å². The summed E-state index contributed by atoms with van der Waals surface area (Å²) < 4.78 is 0. The van der Waals surface area contributed by atoms with Crippen LogP contribution in [0.5, 0.6) is 0 Å². The van der Waals surface area contributed by atoms with Crippen LogP contribution in [0.3, 0.4) is 0 Å². The van der Waals surface area contributed by atoms with E-state index in [-0.39, 0.29) is 5.41 Å². The molecule has 4 nitrogen and oxygen atoms in total. The molecule has 8 atom stereocenters. The van der Waals surface area contributed by atoms with Gasteiger partial charge >= 0.3 is 5.97 Å². The molecule has 2 aromatic heterocycles. The van der Waals surface area contributed by atoms with Gasteiger partial charge in [-0.05, 0) is 135 Å². The van der Waals surface area contributed by atoms with Gasteiger partial charge in [-0.25, -0.2) is 0 Å². The van der Waals surface area contributed by atoms with Gasteiger partial charge in [-0.2, -0.15) is 0 Å². The Morgan fingerprint density at radius 3 is 2.28 bits per heavy atom. The fraction of sp³-hybridized carbons (Fsp3) is 0.719. The quantitative estimate of drug-likeness (QED) is 0.387. The van der Waals surface area contributed by atoms with E-state index in [9.17, 15) is 9.90 Å². The molecule has 36 heavy (non-hydrogen) atoms. The summed E-state index contributed by atoms with van der Waals surface area (Å²) in [4.78, 5) is 18.5. The highest BCUT2D eigenvalue weighted by molar-refractivity contribution is 5.66. The molecule has 0 unspecified atom stereocenters. The molecule has 4 aliphatic rings. The first-order chi connectivity index (χ1) is 17.3. The first-order valence-electron chi connectivity index (χ1n) is 14.8. The average Bonchev–Trinajstić information content (AvgIpc) is 3.63. The SMILES string of the molecule is C[C@H](CCC(=O)O)[C@H]1CC[C@H]2[C@@H]3CC[C@@H]4CC(c5ccc[nH]5)(c5ccc[nH]5)CC[C@]4(C)[C@H]3CC[C@]12C. The van der Waals surface area contributed by atoms with Gasteiger partial charge in [-0.15, -0.1) is 0 Å². The fourth-order valence-corrected chi connectivity index (χ4v) is 10.7. The van der Waals surface area contributed by atoms with Crippen molar-refractivity contribution in [3.05, 3.63) is 48.0 Å². The Hall–Kier alpha value is -1.97. The lowest BCUT2D eigenvalue weighted by Gasteiger charge is -2.62. The second-order valence-corrected chi connectivity index (χ2v) is 13.7. The van der Waals surface area contributed by atoms with E-state index in [1.54, 1.807) is 0 Å². The normalized spacial score (nSPS) is 40.1. The standard InChI is InChI=1S/C32H46N2O2/c1-21(8-13-29(35)36)24-11-12-25-23-10-9-22-20-32(27-6-4-18-33-27,28-7-5-19-34-28)17-16-30(22,2)26(23)14-15-31(24,25)3/h4-7,18-19,21-26,33-34H,8-17,20H2,1-3H3,(H,35,36)/t21-,22-,23+,24-,25+,26+,30+,31-/m1/s1. The number of H-pyrrole nitrogens is 2. The van der Waals surface area contributed by atoms with E-state index < -0.39 is 5.97 Å². The Kier molecular flexibility index (Phi) is 5.96. The van der Waals surface area contributed by atoms with Crippen LogP contribution in [0.2, 0.25) is 0 Å². The molecule has 0 bridgehead atoms. The third-order valence-corrected chi connectivity index (χ3v) is 12.6. The third-order valence-electron chi connectivity index (χ3n) is 12.6. The van der Waals surface area contributed by atoms with E-state index in [2.05, 4.69) is 67.4 Å². The van der Waals surface area contributed by atoms with E-state index in [4.69, 9.17) is 0 Å². The predicted molar refractivity (Wildman–Crippen MR) is 144 cm³/mol. The molecule has 0 aliphatic heterocycles. The summed E-state index contributed by atoms with van der Waals surface area (Å²) in [5, 5.41) is 9.25. The lowest BCUT2D eigenvalue weighted by atomic mass is 9.42. The molecule has 4 aliphatic carbocycles. The Balaban J connectivity index is 1.24. The second-order valence-electron chi connectivity index (χ2n) is 13.7. The van der Waals surface area contributed by atoms with Gasteiger partial charge in [0.1, 0.15) is 0 Å². The van der Waals surface area contributed by atoms with E-state index >= 15 is 0 Å². The van der Waals surface area contributed by atoms with Gasteiger partial charge < -0.3 is 15.1 Å². The molecule has 0 aromatic carbocycles. The van der Waals surface area contributed by atoms with Crippen molar-refractivity contribution in [2.45, 2.75) is 96.8 Å². The van der Waals surface area contributed by atoms with Gasteiger partial charge in [0.25, 0.3) is 0 Å². The fourth-order valence-electron chi connectivity index (χ4n) is 10.7. The van der Waals surface area contributed by atoms with E-state index in [0.717, 1.165) is 30.1 Å². The molecule has 0 spiro atoms. The van der Waals surface area contributed by atoms with Crippen molar-refractivity contribution in [2.24, 2.45) is 46.3 Å². The maximum absolute atomic E-state index is 11.2. The van der Waals surface area contributed by atoms with Gasteiger partial charge in [-0.1, -0.05) is 20.8 Å². The van der Waals surface area contributed by atoms with Gasteiger partial charge in [-0.3, -0.25) is 4.79 Å². The molecule has 4 heteroatoms. The molecule has 0 saturated heterocycles. The van der Waals surface area contributed by atoms with Crippen LogP contribution in [-0.2, 0) is 10.2 Å². The number of carboxylic acid groups (broad SMARTS) is 1. The number of carbonyl (C=O) groups is 1. The number of fused-ring (bicyclic) bond motifs is 5. The van der Waals surface area contributed by atoms with Crippen LogP contribution in [0.4, 0.5) is 0 Å². The molecule has 2 heterocycles. The zero-order chi connectivity index (χ0) is 25.1. The molecule has 4 fully saturated rings. The van der Waals surface area contributed by atoms with Gasteiger partial charge in [0.15, 0.2) is 0 Å². The Morgan fingerprint density at radius 2 is 1.64 bits per heavy atom. The maximum Gasteiger partial charge on any atom is 0.303 e. The van der Waals surface area contributed by atoms with Gasteiger partial charge in [0.2, 0.25) is 0 Å². The molecule has 0 radical (unpaired) electrons. The van der Waals surface area contributed by atoms with Crippen LogP contribution in [-0.4, -0.2) is 21.0 Å². The smallest absolute Gasteiger partial charge is 0.303 e. The zero-order valence-corrected chi connectivity index (χ0v) is 22.6. The van der Waals surface area contributed by atoms with Gasteiger partial charge in [0.05, 0.1) is 5.41 Å². The Labute approximate surface area is 217 Å². The molecule has 6 rings (SSSR count). The number of aliphatic carboxylic acids is 1. The van der Waals surface area contributed by atoms with Crippen LogP contribution in [0, 0.1) is 46.3 Å². The highest BCUT2D eigenvalue weighted by Gasteiger charge is 2.62. The number of hydrogen-bond acceptors (Lipinski definition) is 1. The van der Waals surface area contributed by atoms with Crippen LogP contribution < -0.4 is 0 Å². The summed E-state index contributed by atoms with van der Waals surface area (Å²) in [5.41, 5.74) is 3.72. The molecule has 2 aromatic rings. The summed E-state index contributed by atoms with van der Waals surface area (Å²) >= 11 is 0. The van der Waals surface area contributed by atoms with Crippen LogP contribution in [0.25, 0.3) is 0 Å². The Morgan fingerprint density at radius 1 is 0.944 bits per heavy atom. The maximum atomic E-state index is 11.2. The largest absolute Gasteiger partial charge is 0.481 e. The van der Waals surface area contributed by atoms with Crippen LogP contribution in [0.15, 0.2) is 36.7 Å². The highest BCUT2D eigenvalue weighted by atomic mass is 16.4. The van der Waals surface area contributed by atoms with Crippen molar-refractivity contribution in [3.63, 3.8) is 0 Å². The molecular weight excluding hydrogens is 444 g/mol. The summed E-state index contributed by atoms with van der Waals surface area (Å²) in [5.74, 6) is 3.92. The number of aromatic nitrogens is 2. The summed E-state index contributed by atoms with van der Waals surface area (Å²) in [6.07, 6.45) is 17.3. The molecule has 196 valence electrons. The number of hydrogen-bond donors (Lipinski definition) is 3. The summed E-state index contributed by atoms with van der Waals surface area (Å²) in [7, 11) is 0. The van der Waals surface area contributed by atoms with E-state index in [0.29, 0.717) is 29.1 Å². The molecular formula is C32H46N2O2. The summed E-state index contributed by atoms with van der Waals surface area (Å²) in [6.45, 7) is 7.61. The van der Waals surface area contributed by atoms with E-state index in [1.807, 2.05) is 0 Å². The first kappa shape index (κ1) is 24.4. The second kappa shape index (κ2) is 8.81. The van der Waals surface area contributed by atoms with Crippen LogP contribution in [0.1, 0.15) is 103 Å². The number of rotatable bonds is 6.